The lowest BCUT2D eigenvalue weighted by Crippen LogP contribution is -2.27. The van der Waals surface area contributed by atoms with Gasteiger partial charge < -0.3 is 14.2 Å². The van der Waals surface area contributed by atoms with Gasteiger partial charge in [0.25, 0.3) is 0 Å². The molecule has 0 aromatic heterocycles. The van der Waals surface area contributed by atoms with Gasteiger partial charge in [0.1, 0.15) is 18.1 Å². The van der Waals surface area contributed by atoms with Crippen LogP contribution < -0.4 is 0 Å². The number of carbonyl (C=O) groups is 1. The smallest absolute Gasteiger partial charge is 0.356 e. The summed E-state index contributed by atoms with van der Waals surface area (Å²) in [5.74, 6) is 2.97. The molecule has 0 aromatic rings. The van der Waals surface area contributed by atoms with Gasteiger partial charge in [0.2, 0.25) is 5.75 Å². The fourth-order valence-electron chi connectivity index (χ4n) is 1.82. The molecule has 0 aromatic carbocycles. The highest BCUT2D eigenvalue weighted by Gasteiger charge is 2.25. The van der Waals surface area contributed by atoms with Gasteiger partial charge in [0.05, 0.1) is 19.8 Å². The van der Waals surface area contributed by atoms with E-state index in [0.717, 1.165) is 0 Å². The second-order valence-electron chi connectivity index (χ2n) is 4.26. The summed E-state index contributed by atoms with van der Waals surface area (Å²) in [6.45, 7) is 4.66. The Kier molecular flexibility index (Phi) is 9.34. The monoisotopic (exact) mass is 277 g/mol. The molecule has 0 N–H and O–H groups in total. The Hall–Kier alpha value is -0.260. The molecule has 5 heteroatoms. The third-order valence-corrected chi connectivity index (χ3v) is 5.13. The fourth-order valence-corrected chi connectivity index (χ4v) is 3.96. The van der Waals surface area contributed by atoms with Crippen molar-refractivity contribution in [2.45, 2.75) is 26.2 Å². The van der Waals surface area contributed by atoms with Crippen LogP contribution in [0.2, 0.25) is 0 Å². The number of esters is 1. The first-order valence-electron chi connectivity index (χ1n) is 6.78. The lowest BCUT2D eigenvalue weighted by molar-refractivity contribution is -0.142. The van der Waals surface area contributed by atoms with Gasteiger partial charge in [-0.15, -0.1) is 0 Å². The summed E-state index contributed by atoms with van der Waals surface area (Å²) in [6.07, 6.45) is 3.88. The largest absolute Gasteiger partial charge is 0.460 e. The molecule has 0 unspecified atom stereocenters. The highest BCUT2D eigenvalue weighted by atomic mass is 32.2. The van der Waals surface area contributed by atoms with E-state index in [4.69, 9.17) is 14.2 Å². The molecule has 18 heavy (non-hydrogen) atoms. The Labute approximate surface area is 113 Å². The summed E-state index contributed by atoms with van der Waals surface area (Å²) in [5, 5.41) is 0. The summed E-state index contributed by atoms with van der Waals surface area (Å²) in [4.78, 5) is 11.6. The summed E-state index contributed by atoms with van der Waals surface area (Å²) >= 11 is 0. The summed E-state index contributed by atoms with van der Waals surface area (Å²) in [7, 11) is 0.278. The lowest BCUT2D eigenvalue weighted by atomic mass is 10.3. The Bertz CT molecular complexity index is 217. The van der Waals surface area contributed by atoms with E-state index in [-0.39, 0.29) is 16.9 Å². The molecule has 0 aliphatic carbocycles. The zero-order chi connectivity index (χ0) is 13.1. The van der Waals surface area contributed by atoms with Crippen molar-refractivity contribution in [2.75, 3.05) is 50.3 Å². The van der Waals surface area contributed by atoms with E-state index < -0.39 is 0 Å². The molecule has 0 radical (unpaired) electrons. The van der Waals surface area contributed by atoms with E-state index >= 15 is 0 Å². The molecule has 0 amide bonds. The zero-order valence-electron chi connectivity index (χ0n) is 11.3. The van der Waals surface area contributed by atoms with Gasteiger partial charge in [-0.25, -0.2) is 4.79 Å². The summed E-state index contributed by atoms with van der Waals surface area (Å²) in [5.41, 5.74) is 0. The van der Waals surface area contributed by atoms with E-state index in [2.05, 4.69) is 0 Å². The second-order valence-corrected chi connectivity index (χ2v) is 6.59. The van der Waals surface area contributed by atoms with Gasteiger partial charge in [0.15, 0.2) is 0 Å². The molecule has 1 aliphatic heterocycles. The molecule has 0 atom stereocenters. The number of hydrogen-bond donors (Lipinski definition) is 0. The van der Waals surface area contributed by atoms with E-state index in [9.17, 15) is 4.79 Å². The molecule has 4 nitrogen and oxygen atoms in total. The van der Waals surface area contributed by atoms with Crippen LogP contribution in [-0.2, 0) is 29.9 Å². The first-order valence-corrected chi connectivity index (χ1v) is 8.51. The number of ether oxygens (including phenoxy) is 3. The quantitative estimate of drug-likeness (QED) is 0.363. The van der Waals surface area contributed by atoms with Crippen LogP contribution in [0.25, 0.3) is 0 Å². The van der Waals surface area contributed by atoms with Crippen molar-refractivity contribution in [1.82, 2.24) is 0 Å². The molecule has 1 aliphatic rings. The van der Waals surface area contributed by atoms with Gasteiger partial charge in [-0.05, 0) is 37.1 Å². The average molecular weight is 277 g/mol. The Balaban J connectivity index is 1.90. The minimum absolute atomic E-state index is 0.0614. The summed E-state index contributed by atoms with van der Waals surface area (Å²) in [6, 6.07) is 0. The van der Waals surface area contributed by atoms with Crippen LogP contribution in [-0.4, -0.2) is 56.3 Å². The van der Waals surface area contributed by atoms with E-state index in [1.54, 1.807) is 0 Å². The minimum Gasteiger partial charge on any atom is -0.460 e. The Morgan fingerprint density at radius 1 is 1.00 bits per heavy atom. The molecule has 1 fully saturated rings. The molecule has 0 bridgehead atoms. The average Bonchev–Trinajstić information content (AvgIpc) is 2.39. The van der Waals surface area contributed by atoms with Crippen LogP contribution in [0, 0.1) is 0 Å². The number of carbonyl (C=O) groups excluding carboxylic acids is 1. The topological polar surface area (TPSA) is 44.8 Å². The maximum atomic E-state index is 11.6. The molecule has 1 saturated heterocycles. The van der Waals surface area contributed by atoms with Crippen LogP contribution >= 0.6 is 0 Å². The fraction of sp³-hybridized carbons (Fsp3) is 0.923. The summed E-state index contributed by atoms with van der Waals surface area (Å²) < 4.78 is 15.6. The molecule has 0 saturated carbocycles. The van der Waals surface area contributed by atoms with Crippen molar-refractivity contribution in [1.29, 1.82) is 0 Å². The van der Waals surface area contributed by atoms with Crippen molar-refractivity contribution in [3.8, 4) is 0 Å². The maximum Gasteiger partial charge on any atom is 0.356 e. The van der Waals surface area contributed by atoms with Crippen molar-refractivity contribution >= 4 is 16.9 Å². The predicted octanol–water partition coefficient (Wildman–Crippen LogP) is 1.38. The van der Waals surface area contributed by atoms with E-state index in [1.807, 2.05) is 6.92 Å². The standard InChI is InChI=1S/C13H25O4S/c1-2-15-6-7-16-8-9-17-13(14)12-18-10-4-3-5-11-18/h2-12H2,1H3/q+1. The Morgan fingerprint density at radius 2 is 1.67 bits per heavy atom. The van der Waals surface area contributed by atoms with Crippen molar-refractivity contribution in [3.05, 3.63) is 0 Å². The minimum atomic E-state index is -0.0614. The molecule has 106 valence electrons. The highest BCUT2D eigenvalue weighted by molar-refractivity contribution is 7.97. The second kappa shape index (κ2) is 10.6. The lowest BCUT2D eigenvalue weighted by Gasteiger charge is -2.13. The SMILES string of the molecule is CCOCCOCCOC(=O)C[S+]1CCCCC1. The zero-order valence-corrected chi connectivity index (χ0v) is 12.1. The van der Waals surface area contributed by atoms with Crippen molar-refractivity contribution in [2.24, 2.45) is 0 Å². The van der Waals surface area contributed by atoms with Crippen LogP contribution in [0.5, 0.6) is 0 Å². The number of hydrogen-bond acceptors (Lipinski definition) is 4. The van der Waals surface area contributed by atoms with Gasteiger partial charge in [-0.1, -0.05) is 0 Å². The Morgan fingerprint density at radius 3 is 2.39 bits per heavy atom. The third kappa shape index (κ3) is 7.95. The molecule has 1 rings (SSSR count). The van der Waals surface area contributed by atoms with Crippen molar-refractivity contribution < 1.29 is 19.0 Å². The molecule has 1 heterocycles. The van der Waals surface area contributed by atoms with Crippen LogP contribution in [0.3, 0.4) is 0 Å². The van der Waals surface area contributed by atoms with Gasteiger partial charge in [-0.3, -0.25) is 0 Å². The van der Waals surface area contributed by atoms with Crippen LogP contribution in [0.1, 0.15) is 26.2 Å². The molecular formula is C13H25O4S+. The van der Waals surface area contributed by atoms with E-state index in [1.165, 1.54) is 30.8 Å². The first kappa shape index (κ1) is 15.8. The van der Waals surface area contributed by atoms with Gasteiger partial charge >= 0.3 is 5.97 Å². The first-order chi connectivity index (χ1) is 8.83. The van der Waals surface area contributed by atoms with Crippen LogP contribution in [0.15, 0.2) is 0 Å². The normalized spacial score (nSPS) is 16.7. The van der Waals surface area contributed by atoms with Crippen molar-refractivity contribution in [3.63, 3.8) is 0 Å². The van der Waals surface area contributed by atoms with Gasteiger partial charge in [-0.2, -0.15) is 0 Å². The maximum absolute atomic E-state index is 11.6. The van der Waals surface area contributed by atoms with Gasteiger partial charge in [0, 0.05) is 6.61 Å². The van der Waals surface area contributed by atoms with E-state index in [0.29, 0.717) is 38.8 Å². The molecular weight excluding hydrogens is 252 g/mol. The predicted molar refractivity (Wildman–Crippen MR) is 74.1 cm³/mol. The highest BCUT2D eigenvalue weighted by Crippen LogP contribution is 2.13. The molecule has 0 spiro atoms. The number of rotatable bonds is 9. The van der Waals surface area contributed by atoms with Crippen LogP contribution in [0.4, 0.5) is 0 Å². The third-order valence-electron chi connectivity index (χ3n) is 2.75.